The normalized spacial score (nSPS) is 23.1. The van der Waals surface area contributed by atoms with Crippen molar-refractivity contribution >= 4 is 0 Å². The first-order valence-corrected chi connectivity index (χ1v) is 7.18. The molecule has 0 spiro atoms. The van der Waals surface area contributed by atoms with Gasteiger partial charge >= 0.3 is 0 Å². The fraction of sp³-hybridized carbons (Fsp3) is 0.667. The molecule has 2 atom stereocenters. The second-order valence-electron chi connectivity index (χ2n) is 5.42. The number of nitrogens with one attached hydrogen (secondary N) is 1. The molecular formula is C15H25N3O. The van der Waals surface area contributed by atoms with Crippen molar-refractivity contribution < 1.29 is 4.74 Å². The van der Waals surface area contributed by atoms with E-state index in [-0.39, 0.29) is 0 Å². The van der Waals surface area contributed by atoms with Gasteiger partial charge in [-0.05, 0) is 31.6 Å². The van der Waals surface area contributed by atoms with Crippen molar-refractivity contribution in [3.8, 4) is 0 Å². The summed E-state index contributed by atoms with van der Waals surface area (Å²) in [7, 11) is 2.17. The van der Waals surface area contributed by atoms with Crippen molar-refractivity contribution in [3.05, 3.63) is 30.1 Å². The summed E-state index contributed by atoms with van der Waals surface area (Å²) in [6.07, 6.45) is 4.93. The first-order valence-electron chi connectivity index (χ1n) is 7.18. The Labute approximate surface area is 116 Å². The summed E-state index contributed by atoms with van der Waals surface area (Å²) in [6, 6.07) is 4.63. The van der Waals surface area contributed by atoms with Crippen LogP contribution in [0.5, 0.6) is 0 Å². The molecular weight excluding hydrogens is 238 g/mol. The molecule has 2 unspecified atom stereocenters. The van der Waals surface area contributed by atoms with Crippen molar-refractivity contribution in [3.63, 3.8) is 0 Å². The third-order valence-corrected chi connectivity index (χ3v) is 3.58. The predicted molar refractivity (Wildman–Crippen MR) is 77.0 cm³/mol. The van der Waals surface area contributed by atoms with Crippen LogP contribution < -0.4 is 5.32 Å². The molecule has 1 aromatic rings. The van der Waals surface area contributed by atoms with Crippen LogP contribution in [0.15, 0.2) is 24.5 Å². The first-order chi connectivity index (χ1) is 9.29. The maximum atomic E-state index is 5.62. The van der Waals surface area contributed by atoms with Gasteiger partial charge in [-0.3, -0.25) is 4.98 Å². The lowest BCUT2D eigenvalue weighted by Gasteiger charge is -2.24. The number of rotatable bonds is 7. The maximum absolute atomic E-state index is 5.62. The fourth-order valence-electron chi connectivity index (χ4n) is 2.60. The topological polar surface area (TPSA) is 37.4 Å². The SMILES string of the molecule is CCCNC1COCC1CN(C)Cc1cccnc1. The van der Waals surface area contributed by atoms with E-state index in [2.05, 4.69) is 35.2 Å². The van der Waals surface area contributed by atoms with Crippen molar-refractivity contribution in [2.24, 2.45) is 5.92 Å². The van der Waals surface area contributed by atoms with Crippen LogP contribution in [0.3, 0.4) is 0 Å². The van der Waals surface area contributed by atoms with Gasteiger partial charge in [-0.25, -0.2) is 0 Å². The van der Waals surface area contributed by atoms with Crippen LogP contribution in [0.4, 0.5) is 0 Å². The zero-order chi connectivity index (χ0) is 13.5. The van der Waals surface area contributed by atoms with Crippen LogP contribution in [-0.4, -0.2) is 49.3 Å². The lowest BCUT2D eigenvalue weighted by atomic mass is 10.0. The lowest BCUT2D eigenvalue weighted by molar-refractivity contribution is 0.172. The monoisotopic (exact) mass is 263 g/mol. The summed E-state index contributed by atoms with van der Waals surface area (Å²) < 4.78 is 5.62. The molecule has 0 bridgehead atoms. The highest BCUT2D eigenvalue weighted by Crippen LogP contribution is 2.16. The highest BCUT2D eigenvalue weighted by molar-refractivity contribution is 5.08. The summed E-state index contributed by atoms with van der Waals surface area (Å²) >= 11 is 0. The fourth-order valence-corrected chi connectivity index (χ4v) is 2.60. The zero-order valence-electron chi connectivity index (χ0n) is 12.0. The minimum Gasteiger partial charge on any atom is -0.379 e. The number of ether oxygens (including phenoxy) is 1. The Bertz CT molecular complexity index is 358. The Kier molecular flexibility index (Phi) is 5.76. The Morgan fingerprint density at radius 1 is 1.47 bits per heavy atom. The number of pyridine rings is 1. The lowest BCUT2D eigenvalue weighted by Crippen LogP contribution is -2.41. The van der Waals surface area contributed by atoms with E-state index < -0.39 is 0 Å². The van der Waals surface area contributed by atoms with Gasteiger partial charge in [0.15, 0.2) is 0 Å². The van der Waals surface area contributed by atoms with Gasteiger partial charge in [0, 0.05) is 37.4 Å². The minimum absolute atomic E-state index is 0.510. The zero-order valence-corrected chi connectivity index (χ0v) is 12.0. The summed E-state index contributed by atoms with van der Waals surface area (Å²) in [6.45, 7) is 7.02. The minimum atomic E-state index is 0.510. The first kappa shape index (κ1) is 14.4. The van der Waals surface area contributed by atoms with Gasteiger partial charge in [0.25, 0.3) is 0 Å². The third kappa shape index (κ3) is 4.56. The highest BCUT2D eigenvalue weighted by atomic mass is 16.5. The number of hydrogen-bond acceptors (Lipinski definition) is 4. The maximum Gasteiger partial charge on any atom is 0.0623 e. The van der Waals surface area contributed by atoms with E-state index in [0.717, 1.165) is 32.8 Å². The third-order valence-electron chi connectivity index (χ3n) is 3.58. The van der Waals surface area contributed by atoms with Crippen LogP contribution in [-0.2, 0) is 11.3 Å². The standard InChI is InChI=1S/C15H25N3O/c1-3-6-17-15-12-19-11-14(15)10-18(2)9-13-5-4-7-16-8-13/h4-5,7-8,14-15,17H,3,6,9-12H2,1-2H3. The summed E-state index contributed by atoms with van der Waals surface area (Å²) in [5.74, 6) is 0.591. The molecule has 4 heteroatoms. The van der Waals surface area contributed by atoms with Crippen molar-refractivity contribution in [1.29, 1.82) is 0 Å². The van der Waals surface area contributed by atoms with E-state index in [1.807, 2.05) is 18.5 Å². The van der Waals surface area contributed by atoms with E-state index in [1.165, 1.54) is 12.0 Å². The van der Waals surface area contributed by atoms with E-state index in [9.17, 15) is 0 Å². The largest absolute Gasteiger partial charge is 0.379 e. The van der Waals surface area contributed by atoms with Gasteiger partial charge in [-0.2, -0.15) is 0 Å². The number of aromatic nitrogens is 1. The second-order valence-corrected chi connectivity index (χ2v) is 5.42. The molecule has 2 rings (SSSR count). The van der Waals surface area contributed by atoms with Crippen LogP contribution >= 0.6 is 0 Å². The van der Waals surface area contributed by atoms with Crippen molar-refractivity contribution in [2.75, 3.05) is 33.4 Å². The van der Waals surface area contributed by atoms with Crippen LogP contribution in [0.2, 0.25) is 0 Å². The Hall–Kier alpha value is -0.970. The summed E-state index contributed by atoms with van der Waals surface area (Å²) in [4.78, 5) is 6.52. The van der Waals surface area contributed by atoms with Crippen molar-refractivity contribution in [1.82, 2.24) is 15.2 Å². The van der Waals surface area contributed by atoms with Gasteiger partial charge in [-0.15, -0.1) is 0 Å². The molecule has 2 heterocycles. The van der Waals surface area contributed by atoms with Gasteiger partial charge in [-0.1, -0.05) is 13.0 Å². The van der Waals surface area contributed by atoms with Crippen LogP contribution in [0.25, 0.3) is 0 Å². The Morgan fingerprint density at radius 3 is 3.11 bits per heavy atom. The molecule has 1 aliphatic heterocycles. The van der Waals surface area contributed by atoms with E-state index in [1.54, 1.807) is 0 Å². The Morgan fingerprint density at radius 2 is 2.37 bits per heavy atom. The molecule has 106 valence electrons. The van der Waals surface area contributed by atoms with Crippen LogP contribution in [0, 0.1) is 5.92 Å². The van der Waals surface area contributed by atoms with E-state index in [4.69, 9.17) is 4.74 Å². The average molecular weight is 263 g/mol. The van der Waals surface area contributed by atoms with E-state index >= 15 is 0 Å². The average Bonchev–Trinajstić information content (AvgIpc) is 2.84. The number of nitrogens with zero attached hydrogens (tertiary/aromatic N) is 2. The molecule has 1 saturated heterocycles. The summed E-state index contributed by atoms with van der Waals surface area (Å²) in [5.41, 5.74) is 1.27. The molecule has 1 aliphatic rings. The molecule has 1 fully saturated rings. The smallest absolute Gasteiger partial charge is 0.0623 e. The second kappa shape index (κ2) is 7.58. The van der Waals surface area contributed by atoms with Crippen molar-refractivity contribution in [2.45, 2.75) is 25.9 Å². The van der Waals surface area contributed by atoms with Gasteiger partial charge in [0.2, 0.25) is 0 Å². The summed E-state index contributed by atoms with van der Waals surface area (Å²) in [5, 5.41) is 3.59. The van der Waals surface area contributed by atoms with E-state index in [0.29, 0.717) is 12.0 Å². The Balaban J connectivity index is 1.79. The molecule has 1 N–H and O–H groups in total. The molecule has 1 aromatic heterocycles. The van der Waals surface area contributed by atoms with Gasteiger partial charge in [0.05, 0.1) is 13.2 Å². The predicted octanol–water partition coefficient (Wildman–Crippen LogP) is 1.53. The highest BCUT2D eigenvalue weighted by Gasteiger charge is 2.28. The van der Waals surface area contributed by atoms with Gasteiger partial charge < -0.3 is 15.0 Å². The molecule has 0 saturated carbocycles. The molecule has 0 amide bonds. The molecule has 4 nitrogen and oxygen atoms in total. The molecule has 0 aromatic carbocycles. The number of hydrogen-bond donors (Lipinski definition) is 1. The molecule has 0 radical (unpaired) electrons. The quantitative estimate of drug-likeness (QED) is 0.809. The van der Waals surface area contributed by atoms with Crippen LogP contribution in [0.1, 0.15) is 18.9 Å². The van der Waals surface area contributed by atoms with Gasteiger partial charge in [0.1, 0.15) is 0 Å². The molecule has 0 aliphatic carbocycles. The molecule has 19 heavy (non-hydrogen) atoms.